The number of halogens is 10. The van der Waals surface area contributed by atoms with Gasteiger partial charge < -0.3 is 0 Å². The molecule has 12 heteroatoms. The van der Waals surface area contributed by atoms with Gasteiger partial charge in [0.25, 0.3) is 0 Å². The number of rotatable bonds is 7. The lowest BCUT2D eigenvalue weighted by Gasteiger charge is -2.39. The van der Waals surface area contributed by atoms with Crippen molar-refractivity contribution in [2.45, 2.75) is 67.2 Å². The zero-order valence-corrected chi connectivity index (χ0v) is 33.4. The van der Waals surface area contributed by atoms with Gasteiger partial charge in [0.2, 0.25) is 0 Å². The van der Waals surface area contributed by atoms with E-state index in [2.05, 4.69) is 0 Å². The number of hydrogen-bond donors (Lipinski definition) is 0. The standard InChI is InChI=1S/C46H37BF10P/c1-21-16-23(3)44(24(4)17-21)58(45-25(5)18-22(2)19-26(45)6)46-29-15-11-10-14-28(29)30(27-12-8-7-9-13-27)20-31(46)47(32-34(48)38(52)42(56)39(53)35(32)49)33-36(50)40(54)43(57)41(55)37(33)51/h7-9,12-13,16-20,47H,10-11,14-15H2,1-6H3/q-1. The Bertz CT molecular complexity index is 2430. The van der Waals surface area contributed by atoms with Crippen LogP contribution in [0.5, 0.6) is 0 Å². The number of benzene rings is 6. The molecule has 6 aromatic rings. The largest absolute Gasteiger partial charge is 0.207 e. The van der Waals surface area contributed by atoms with E-state index < -0.39 is 83.7 Å². The molecule has 1 aliphatic carbocycles. The zero-order chi connectivity index (χ0) is 42.1. The average molecular weight is 822 g/mol. The van der Waals surface area contributed by atoms with Crippen LogP contribution in [-0.2, 0) is 12.8 Å². The Morgan fingerprint density at radius 1 is 0.431 bits per heavy atom. The Hall–Kier alpha value is -4.89. The van der Waals surface area contributed by atoms with Crippen molar-refractivity contribution in [1.29, 1.82) is 0 Å². The van der Waals surface area contributed by atoms with Gasteiger partial charge in [0.15, 0.2) is 34.9 Å². The summed E-state index contributed by atoms with van der Waals surface area (Å²) in [6, 6.07) is 17.9. The molecule has 1 aliphatic rings. The molecule has 58 heavy (non-hydrogen) atoms. The van der Waals surface area contributed by atoms with Crippen molar-refractivity contribution in [2.24, 2.45) is 0 Å². The molecular weight excluding hydrogens is 784 g/mol. The molecule has 6 aromatic carbocycles. The highest BCUT2D eigenvalue weighted by molar-refractivity contribution is 7.80. The first-order chi connectivity index (χ1) is 27.5. The number of aryl methyl sites for hydroxylation is 6. The Labute approximate surface area is 331 Å². The van der Waals surface area contributed by atoms with Gasteiger partial charge in [-0.2, -0.15) is 5.46 Å². The zero-order valence-electron chi connectivity index (χ0n) is 32.5. The number of hydrogen-bond acceptors (Lipinski definition) is 0. The van der Waals surface area contributed by atoms with Gasteiger partial charge in [0, 0.05) is 0 Å². The molecule has 0 amide bonds. The van der Waals surface area contributed by atoms with Crippen LogP contribution < -0.4 is 32.3 Å². The third kappa shape index (κ3) is 6.73. The summed E-state index contributed by atoms with van der Waals surface area (Å²) in [4.78, 5) is 0. The van der Waals surface area contributed by atoms with E-state index in [1.165, 1.54) is 6.07 Å². The van der Waals surface area contributed by atoms with Gasteiger partial charge in [-0.05, 0) is 136 Å². The van der Waals surface area contributed by atoms with Gasteiger partial charge in [0.1, 0.15) is 23.3 Å². The molecule has 300 valence electrons. The van der Waals surface area contributed by atoms with E-state index in [4.69, 9.17) is 0 Å². The van der Waals surface area contributed by atoms with Gasteiger partial charge in [0.05, 0.1) is 6.71 Å². The third-order valence-corrected chi connectivity index (χ3v) is 14.7. The second-order valence-corrected chi connectivity index (χ2v) is 17.4. The summed E-state index contributed by atoms with van der Waals surface area (Å²) in [5.74, 6) is -24.5. The molecule has 0 radical (unpaired) electrons. The fourth-order valence-electron chi connectivity index (χ4n) is 9.28. The molecule has 0 unspecified atom stereocenters. The summed E-state index contributed by atoms with van der Waals surface area (Å²) in [7, 11) is -1.96. The van der Waals surface area contributed by atoms with Crippen LogP contribution in [0.2, 0.25) is 0 Å². The first-order valence-electron chi connectivity index (χ1n) is 18.9. The summed E-state index contributed by atoms with van der Waals surface area (Å²) in [6.07, 6.45) is 2.16. The monoisotopic (exact) mass is 821 g/mol. The van der Waals surface area contributed by atoms with E-state index in [1.54, 1.807) is 30.3 Å². The molecule has 0 atom stereocenters. The molecule has 0 saturated carbocycles. The molecule has 0 aliphatic heterocycles. The summed E-state index contributed by atoms with van der Waals surface area (Å²) < 4.78 is 157. The topological polar surface area (TPSA) is 0 Å². The molecule has 0 saturated heterocycles. The molecule has 0 heterocycles. The molecule has 0 aromatic heterocycles. The fourth-order valence-corrected chi connectivity index (χ4v) is 12.6. The summed E-state index contributed by atoms with van der Waals surface area (Å²) in [5.41, 5.74) is 3.87. The Morgan fingerprint density at radius 3 is 1.19 bits per heavy atom. The van der Waals surface area contributed by atoms with Gasteiger partial charge in [-0.1, -0.05) is 71.8 Å². The Kier molecular flexibility index (Phi) is 11.2. The first kappa shape index (κ1) is 41.3. The van der Waals surface area contributed by atoms with E-state index in [-0.39, 0.29) is 5.46 Å². The number of fused-ring (bicyclic) bond motifs is 1. The minimum atomic E-state index is -4.11. The van der Waals surface area contributed by atoms with Gasteiger partial charge in [-0.25, -0.2) is 43.9 Å². The summed E-state index contributed by atoms with van der Waals surface area (Å²) >= 11 is 0. The van der Waals surface area contributed by atoms with Gasteiger partial charge >= 0.3 is 0 Å². The highest BCUT2D eigenvalue weighted by Gasteiger charge is 2.38. The minimum absolute atomic E-state index is 0.268. The van der Waals surface area contributed by atoms with Crippen molar-refractivity contribution in [1.82, 2.24) is 0 Å². The molecule has 0 spiro atoms. The normalized spacial score (nSPS) is 12.9. The van der Waals surface area contributed by atoms with Crippen LogP contribution in [0, 0.1) is 99.7 Å². The molecular formula is C46H37BF10P-. The quantitative estimate of drug-likeness (QED) is 0.0496. The van der Waals surface area contributed by atoms with E-state index in [0.717, 1.165) is 56.0 Å². The lowest BCUT2D eigenvalue weighted by atomic mass is 9.35. The molecule has 0 N–H and O–H groups in total. The highest BCUT2D eigenvalue weighted by Crippen LogP contribution is 2.43. The lowest BCUT2D eigenvalue weighted by molar-refractivity contribution is 0.382. The van der Waals surface area contributed by atoms with Crippen LogP contribution in [0.25, 0.3) is 11.1 Å². The smallest absolute Gasteiger partial charge is 0.200 e. The fraction of sp³-hybridized carbons (Fsp3) is 0.217. The van der Waals surface area contributed by atoms with E-state index in [1.807, 2.05) is 65.8 Å². The van der Waals surface area contributed by atoms with Crippen LogP contribution in [0.3, 0.4) is 0 Å². The van der Waals surface area contributed by atoms with Crippen LogP contribution in [0.1, 0.15) is 57.3 Å². The maximum Gasteiger partial charge on any atom is 0.200 e. The predicted molar refractivity (Wildman–Crippen MR) is 214 cm³/mol. The van der Waals surface area contributed by atoms with E-state index in [9.17, 15) is 8.78 Å². The highest BCUT2D eigenvalue weighted by atomic mass is 31.1. The van der Waals surface area contributed by atoms with E-state index >= 15 is 35.1 Å². The second-order valence-electron chi connectivity index (χ2n) is 15.4. The first-order valence-corrected chi connectivity index (χ1v) is 20.2. The second kappa shape index (κ2) is 15.7. The van der Waals surface area contributed by atoms with Crippen molar-refractivity contribution >= 4 is 46.9 Å². The van der Waals surface area contributed by atoms with Crippen molar-refractivity contribution in [2.75, 3.05) is 0 Å². The van der Waals surface area contributed by atoms with Crippen LogP contribution in [0.15, 0.2) is 60.7 Å². The predicted octanol–water partition coefficient (Wildman–Crippen LogP) is 9.48. The average Bonchev–Trinajstić information content (AvgIpc) is 3.18. The van der Waals surface area contributed by atoms with Crippen LogP contribution >= 0.6 is 7.92 Å². The summed E-state index contributed by atoms with van der Waals surface area (Å²) in [6.45, 7) is 7.23. The van der Waals surface area contributed by atoms with E-state index in [0.29, 0.717) is 41.3 Å². The van der Waals surface area contributed by atoms with Crippen molar-refractivity contribution in [3.8, 4) is 11.1 Å². The van der Waals surface area contributed by atoms with Gasteiger partial charge in [-0.15, -0.1) is 10.9 Å². The van der Waals surface area contributed by atoms with Crippen molar-refractivity contribution < 1.29 is 43.9 Å². The molecule has 7 rings (SSSR count). The van der Waals surface area contributed by atoms with Crippen molar-refractivity contribution in [3.05, 3.63) is 163 Å². The third-order valence-electron chi connectivity index (χ3n) is 11.4. The summed E-state index contributed by atoms with van der Waals surface area (Å²) in [5, 5.41) is 1.86. The minimum Gasteiger partial charge on any atom is -0.207 e. The van der Waals surface area contributed by atoms with Crippen molar-refractivity contribution in [3.63, 3.8) is 0 Å². The van der Waals surface area contributed by atoms with Gasteiger partial charge in [-0.3, -0.25) is 0 Å². The van der Waals surface area contributed by atoms with Crippen LogP contribution in [-0.4, -0.2) is 6.71 Å². The molecule has 0 nitrogen and oxygen atoms in total. The SMILES string of the molecule is Cc1cc(C)c(P(c2c(C)cc(C)cc2C)c2c([BH-](c3c(F)c(F)c(F)c(F)c3F)c3c(F)c(F)c(F)c(F)c3F)cc(-c3ccccc3)c3c2CCCC3)c(C)c1. The Balaban J connectivity index is 1.81. The maximum atomic E-state index is 16.5. The Morgan fingerprint density at radius 2 is 0.793 bits per heavy atom. The lowest BCUT2D eigenvalue weighted by Crippen LogP contribution is -2.62. The molecule has 0 fully saturated rings. The maximum absolute atomic E-state index is 16.5. The molecule has 0 bridgehead atoms. The van der Waals surface area contributed by atoms with Crippen LogP contribution in [0.4, 0.5) is 43.9 Å².